The summed E-state index contributed by atoms with van der Waals surface area (Å²) in [6.07, 6.45) is 2.35. The molecule has 1 fully saturated rings. The van der Waals surface area contributed by atoms with E-state index in [1.54, 1.807) is 24.3 Å². The van der Waals surface area contributed by atoms with Gasteiger partial charge in [0, 0.05) is 18.8 Å². The third-order valence-electron chi connectivity index (χ3n) is 3.29. The number of carbonyl (C=O) groups is 1. The van der Waals surface area contributed by atoms with Crippen molar-refractivity contribution < 1.29 is 4.79 Å². The summed E-state index contributed by atoms with van der Waals surface area (Å²) in [6.45, 7) is 3.84. The van der Waals surface area contributed by atoms with Gasteiger partial charge in [-0.2, -0.15) is 5.26 Å². The first-order valence-corrected chi connectivity index (χ1v) is 8.15. The summed E-state index contributed by atoms with van der Waals surface area (Å²) in [6, 6.07) is 8.87. The first-order valence-electron chi connectivity index (χ1n) is 6.87. The van der Waals surface area contributed by atoms with Crippen LogP contribution in [0, 0.1) is 11.3 Å². The van der Waals surface area contributed by atoms with E-state index in [1.807, 2.05) is 13.0 Å². The number of hydrogen-bond donors (Lipinski definition) is 1. The first kappa shape index (κ1) is 15.8. The molecule has 1 saturated heterocycles. The lowest BCUT2D eigenvalue weighted by atomic mass is 10.2. The predicted molar refractivity (Wildman–Crippen MR) is 90.2 cm³/mol. The minimum Gasteiger partial charge on any atom is -0.358 e. The molecule has 1 aromatic rings. The summed E-state index contributed by atoms with van der Waals surface area (Å²) in [5, 5.41) is 11.3. The molecule has 1 heterocycles. The van der Waals surface area contributed by atoms with E-state index in [9.17, 15) is 4.79 Å². The molecule has 0 aliphatic carbocycles. The molecule has 0 unspecified atom stereocenters. The molecule has 6 heteroatoms. The Labute approximate surface area is 134 Å². The average molecular weight is 319 g/mol. The summed E-state index contributed by atoms with van der Waals surface area (Å²) in [4.78, 5) is 14.3. The highest BCUT2D eigenvalue weighted by molar-refractivity contribution is 8.23. The van der Waals surface area contributed by atoms with E-state index in [0.29, 0.717) is 11.3 Å². The summed E-state index contributed by atoms with van der Waals surface area (Å²) in [5.74, 6) is -0.0775. The zero-order chi connectivity index (χ0) is 15.2. The normalized spacial score (nSPS) is 15.3. The molecular formula is C15H17N3OS2. The van der Waals surface area contributed by atoms with Crippen molar-refractivity contribution >= 4 is 39.9 Å². The second-order valence-corrected chi connectivity index (χ2v) is 6.87. The quantitative estimate of drug-likeness (QED) is 0.868. The molecule has 1 atom stereocenters. The van der Waals surface area contributed by atoms with Gasteiger partial charge < -0.3 is 10.2 Å². The summed E-state index contributed by atoms with van der Waals surface area (Å²) >= 11 is 6.80. The average Bonchev–Trinajstić information content (AvgIpc) is 3.02. The van der Waals surface area contributed by atoms with Gasteiger partial charge in [0.1, 0.15) is 4.32 Å². The number of thioether (sulfide) groups is 1. The number of nitrogens with zero attached hydrogens (tertiary/aromatic N) is 2. The van der Waals surface area contributed by atoms with Crippen molar-refractivity contribution in [1.29, 1.82) is 5.26 Å². The van der Waals surface area contributed by atoms with E-state index in [1.165, 1.54) is 24.6 Å². The minimum absolute atomic E-state index is 0.0775. The molecular weight excluding hydrogens is 302 g/mol. The lowest BCUT2D eigenvalue weighted by molar-refractivity contribution is -0.115. The zero-order valence-corrected chi connectivity index (χ0v) is 13.5. The lowest BCUT2D eigenvalue weighted by Crippen LogP contribution is -2.29. The number of carbonyl (C=O) groups excluding carboxylic acids is 1. The summed E-state index contributed by atoms with van der Waals surface area (Å²) in [5.41, 5.74) is 1.27. The number of nitrogens with one attached hydrogen (secondary N) is 1. The van der Waals surface area contributed by atoms with Crippen LogP contribution >= 0.6 is 24.0 Å². The van der Waals surface area contributed by atoms with Crippen LogP contribution in [0.15, 0.2) is 24.3 Å². The van der Waals surface area contributed by atoms with Crippen LogP contribution in [-0.2, 0) is 4.79 Å². The summed E-state index contributed by atoms with van der Waals surface area (Å²) < 4.78 is 0.801. The maximum absolute atomic E-state index is 12.1. The Hall–Kier alpha value is -1.58. The van der Waals surface area contributed by atoms with Gasteiger partial charge in [0.2, 0.25) is 5.91 Å². The van der Waals surface area contributed by atoms with Crippen molar-refractivity contribution in [3.63, 3.8) is 0 Å². The minimum atomic E-state index is -0.242. The second kappa shape index (κ2) is 7.43. The summed E-state index contributed by atoms with van der Waals surface area (Å²) in [7, 11) is 0. The molecule has 1 N–H and O–H groups in total. The second-order valence-electron chi connectivity index (χ2n) is 4.90. The fraction of sp³-hybridized carbons (Fsp3) is 0.400. The van der Waals surface area contributed by atoms with Gasteiger partial charge in [-0.3, -0.25) is 4.79 Å². The Bertz CT molecular complexity index is 559. The number of thiocarbonyl (C=S) groups is 1. The maximum atomic E-state index is 12.1. The fourth-order valence-electron chi connectivity index (χ4n) is 2.05. The molecule has 0 aromatic heterocycles. The van der Waals surface area contributed by atoms with Gasteiger partial charge >= 0.3 is 0 Å². The molecule has 2 rings (SSSR count). The third-order valence-corrected chi connectivity index (χ3v) is 4.87. The molecule has 0 radical (unpaired) electrons. The van der Waals surface area contributed by atoms with Gasteiger partial charge in [-0.25, -0.2) is 0 Å². The van der Waals surface area contributed by atoms with Crippen LogP contribution in [0.3, 0.4) is 0 Å². The molecule has 4 nitrogen and oxygen atoms in total. The number of nitriles is 1. The zero-order valence-electron chi connectivity index (χ0n) is 11.8. The highest BCUT2D eigenvalue weighted by Gasteiger charge is 2.21. The van der Waals surface area contributed by atoms with E-state index < -0.39 is 0 Å². The highest BCUT2D eigenvalue weighted by atomic mass is 32.2. The Morgan fingerprint density at radius 2 is 2.00 bits per heavy atom. The van der Waals surface area contributed by atoms with Gasteiger partial charge in [0.05, 0.1) is 16.9 Å². The number of hydrogen-bond acceptors (Lipinski definition) is 4. The maximum Gasteiger partial charge on any atom is 0.237 e. The molecule has 0 bridgehead atoms. The van der Waals surface area contributed by atoms with Crippen LogP contribution in [0.4, 0.5) is 5.69 Å². The SMILES string of the molecule is C[C@@H](SC(=S)N1CCCC1)C(=O)Nc1ccc(C#N)cc1. The van der Waals surface area contributed by atoms with Gasteiger partial charge in [-0.05, 0) is 44.0 Å². The number of rotatable bonds is 3. The van der Waals surface area contributed by atoms with Gasteiger partial charge in [0.25, 0.3) is 0 Å². The van der Waals surface area contributed by atoms with Crippen molar-refractivity contribution in [2.75, 3.05) is 18.4 Å². The van der Waals surface area contributed by atoms with Crippen LogP contribution in [0.2, 0.25) is 0 Å². The van der Waals surface area contributed by atoms with Gasteiger partial charge in [-0.15, -0.1) is 0 Å². The first-order chi connectivity index (χ1) is 10.1. The van der Waals surface area contributed by atoms with Crippen LogP contribution < -0.4 is 5.32 Å². The molecule has 1 aromatic carbocycles. The molecule has 1 aliphatic heterocycles. The Kier molecular flexibility index (Phi) is 5.59. The topological polar surface area (TPSA) is 56.1 Å². The highest BCUT2D eigenvalue weighted by Crippen LogP contribution is 2.21. The largest absolute Gasteiger partial charge is 0.358 e. The van der Waals surface area contributed by atoms with Crippen molar-refractivity contribution in [2.24, 2.45) is 0 Å². The van der Waals surface area contributed by atoms with Crippen LogP contribution in [-0.4, -0.2) is 33.5 Å². The monoisotopic (exact) mass is 319 g/mol. The molecule has 110 valence electrons. The van der Waals surface area contributed by atoms with Crippen molar-refractivity contribution in [3.8, 4) is 6.07 Å². The lowest BCUT2D eigenvalue weighted by Gasteiger charge is -2.20. The molecule has 0 saturated carbocycles. The standard InChI is InChI=1S/C15H17N3OS2/c1-11(21-15(20)18-8-2-3-9-18)14(19)17-13-6-4-12(10-16)5-7-13/h4-7,11H,2-3,8-9H2,1H3,(H,17,19)/t11-/m1/s1. The van der Waals surface area contributed by atoms with Gasteiger partial charge in [0.15, 0.2) is 0 Å². The Balaban J connectivity index is 1.86. The predicted octanol–water partition coefficient (Wildman–Crippen LogP) is 3.00. The molecule has 1 amide bonds. The Morgan fingerprint density at radius 3 is 2.57 bits per heavy atom. The van der Waals surface area contributed by atoms with Crippen LogP contribution in [0.25, 0.3) is 0 Å². The van der Waals surface area contributed by atoms with Gasteiger partial charge in [-0.1, -0.05) is 24.0 Å². The van der Waals surface area contributed by atoms with Crippen molar-refractivity contribution in [3.05, 3.63) is 29.8 Å². The van der Waals surface area contributed by atoms with E-state index >= 15 is 0 Å². The van der Waals surface area contributed by atoms with Crippen LogP contribution in [0.5, 0.6) is 0 Å². The van der Waals surface area contributed by atoms with Crippen molar-refractivity contribution in [1.82, 2.24) is 4.90 Å². The number of amides is 1. The third kappa shape index (κ3) is 4.45. The van der Waals surface area contributed by atoms with E-state index in [2.05, 4.69) is 10.2 Å². The Morgan fingerprint density at radius 1 is 1.38 bits per heavy atom. The van der Waals surface area contributed by atoms with Crippen molar-refractivity contribution in [2.45, 2.75) is 25.0 Å². The molecule has 21 heavy (non-hydrogen) atoms. The van der Waals surface area contributed by atoms with E-state index in [4.69, 9.17) is 17.5 Å². The number of likely N-dealkylation sites (tertiary alicyclic amines) is 1. The van der Waals surface area contributed by atoms with Crippen LogP contribution in [0.1, 0.15) is 25.3 Å². The van der Waals surface area contributed by atoms with E-state index in [0.717, 1.165) is 17.4 Å². The molecule has 0 spiro atoms. The smallest absolute Gasteiger partial charge is 0.237 e. The number of anilines is 1. The van der Waals surface area contributed by atoms with E-state index in [-0.39, 0.29) is 11.2 Å². The number of benzene rings is 1. The fourth-order valence-corrected chi connectivity index (χ4v) is 3.47. The molecule has 1 aliphatic rings.